The highest BCUT2D eigenvalue weighted by Crippen LogP contribution is 2.35. The predicted molar refractivity (Wildman–Crippen MR) is 93.1 cm³/mol. The van der Waals surface area contributed by atoms with E-state index in [4.69, 9.17) is 14.2 Å². The average Bonchev–Trinajstić information content (AvgIpc) is 2.63. The van der Waals surface area contributed by atoms with Gasteiger partial charge in [0.05, 0.1) is 27.4 Å². The van der Waals surface area contributed by atoms with Crippen LogP contribution < -0.4 is 14.8 Å². The van der Waals surface area contributed by atoms with Crippen LogP contribution in [0.4, 0.5) is 4.79 Å². The molecule has 1 aliphatic heterocycles. The van der Waals surface area contributed by atoms with Crippen LogP contribution in [0.5, 0.6) is 11.5 Å². The smallest absolute Gasteiger partial charge is 0.407 e. The summed E-state index contributed by atoms with van der Waals surface area (Å²) < 4.78 is 15.4. The molecule has 0 radical (unpaired) electrons. The lowest BCUT2D eigenvalue weighted by atomic mass is 9.84. The molecule has 1 aromatic rings. The minimum Gasteiger partial charge on any atom is -0.493 e. The summed E-state index contributed by atoms with van der Waals surface area (Å²) in [7, 11) is 4.48. The van der Waals surface area contributed by atoms with Gasteiger partial charge in [-0.05, 0) is 24.1 Å². The van der Waals surface area contributed by atoms with Crippen molar-refractivity contribution in [3.8, 4) is 11.5 Å². The van der Waals surface area contributed by atoms with Gasteiger partial charge >= 0.3 is 6.09 Å². The lowest BCUT2D eigenvalue weighted by molar-refractivity contribution is -0.134. The maximum absolute atomic E-state index is 12.5. The molecule has 0 aliphatic carbocycles. The van der Waals surface area contributed by atoms with Crippen molar-refractivity contribution in [1.82, 2.24) is 10.2 Å². The van der Waals surface area contributed by atoms with Crippen LogP contribution in [0.2, 0.25) is 0 Å². The van der Waals surface area contributed by atoms with Gasteiger partial charge in [-0.15, -0.1) is 0 Å². The zero-order valence-corrected chi connectivity index (χ0v) is 15.2. The summed E-state index contributed by atoms with van der Waals surface area (Å²) in [6, 6.07) is 5.35. The Morgan fingerprint density at radius 1 is 1.24 bits per heavy atom. The molecule has 1 saturated heterocycles. The Hall–Kier alpha value is -2.44. The summed E-state index contributed by atoms with van der Waals surface area (Å²) in [4.78, 5) is 26.0. The molecule has 2 amide bonds. The first-order valence-electron chi connectivity index (χ1n) is 8.38. The van der Waals surface area contributed by atoms with Crippen LogP contribution in [0.1, 0.15) is 31.2 Å². The molecule has 1 aliphatic rings. The number of benzene rings is 1. The first-order valence-corrected chi connectivity index (χ1v) is 8.38. The van der Waals surface area contributed by atoms with Crippen molar-refractivity contribution in [3.05, 3.63) is 23.8 Å². The van der Waals surface area contributed by atoms with E-state index in [1.54, 1.807) is 19.1 Å². The number of carbonyl (C=O) groups excluding carboxylic acids is 2. The van der Waals surface area contributed by atoms with Crippen LogP contribution >= 0.6 is 0 Å². The number of nitrogens with one attached hydrogen (secondary N) is 1. The minimum absolute atomic E-state index is 0.0875. The van der Waals surface area contributed by atoms with Gasteiger partial charge in [0.1, 0.15) is 0 Å². The van der Waals surface area contributed by atoms with E-state index in [1.807, 2.05) is 25.1 Å². The Kier molecular flexibility index (Phi) is 6.50. The number of hydrogen-bond donors (Lipinski definition) is 1. The van der Waals surface area contributed by atoms with Gasteiger partial charge in [0.25, 0.3) is 0 Å². The Morgan fingerprint density at radius 2 is 1.96 bits per heavy atom. The van der Waals surface area contributed by atoms with Crippen molar-refractivity contribution in [2.75, 3.05) is 34.4 Å². The maximum Gasteiger partial charge on any atom is 0.407 e. The molecular formula is C18H26N2O5. The highest BCUT2D eigenvalue weighted by atomic mass is 16.5. The Bertz CT molecular complexity index is 619. The average molecular weight is 350 g/mol. The number of alkyl carbamates (subject to hydrolysis) is 1. The Labute approximate surface area is 148 Å². The second-order valence-electron chi connectivity index (χ2n) is 6.01. The van der Waals surface area contributed by atoms with Crippen LogP contribution in [0.15, 0.2) is 18.2 Å². The van der Waals surface area contributed by atoms with Gasteiger partial charge in [0.2, 0.25) is 5.91 Å². The number of hydrogen-bond acceptors (Lipinski definition) is 5. The topological polar surface area (TPSA) is 77.1 Å². The fourth-order valence-corrected chi connectivity index (χ4v) is 3.20. The van der Waals surface area contributed by atoms with E-state index < -0.39 is 6.09 Å². The lowest BCUT2D eigenvalue weighted by Gasteiger charge is -2.38. The molecule has 138 valence electrons. The summed E-state index contributed by atoms with van der Waals surface area (Å²) in [5, 5.41) is 2.87. The molecular weight excluding hydrogens is 324 g/mol. The molecule has 2 unspecified atom stereocenters. The van der Waals surface area contributed by atoms with Gasteiger partial charge < -0.3 is 24.4 Å². The normalized spacial score (nSPS) is 20.2. The molecule has 2 atom stereocenters. The monoisotopic (exact) mass is 350 g/mol. The second-order valence-corrected chi connectivity index (χ2v) is 6.01. The minimum atomic E-state index is -0.499. The van der Waals surface area contributed by atoms with Gasteiger partial charge in [0, 0.05) is 25.4 Å². The molecule has 1 N–H and O–H groups in total. The van der Waals surface area contributed by atoms with Crippen molar-refractivity contribution < 1.29 is 23.8 Å². The van der Waals surface area contributed by atoms with Gasteiger partial charge in [-0.2, -0.15) is 0 Å². The summed E-state index contributed by atoms with van der Waals surface area (Å²) in [6.45, 7) is 3.16. The van der Waals surface area contributed by atoms with Crippen LogP contribution in [0.3, 0.4) is 0 Å². The molecule has 25 heavy (non-hydrogen) atoms. The summed E-state index contributed by atoms with van der Waals surface area (Å²) in [5.74, 6) is 1.16. The van der Waals surface area contributed by atoms with Crippen LogP contribution in [-0.4, -0.2) is 57.4 Å². The van der Waals surface area contributed by atoms with E-state index in [2.05, 4.69) is 5.32 Å². The Morgan fingerprint density at radius 3 is 2.56 bits per heavy atom. The molecule has 1 fully saturated rings. The van der Waals surface area contributed by atoms with Gasteiger partial charge in [-0.1, -0.05) is 13.0 Å². The molecule has 0 bridgehead atoms. The quantitative estimate of drug-likeness (QED) is 0.851. The SMILES string of the molecule is CCCN1CC(NC(=O)OC)C(c2ccc(OC)c(OC)c2)CC1=O. The van der Waals surface area contributed by atoms with Gasteiger partial charge in [-0.3, -0.25) is 4.79 Å². The second kappa shape index (κ2) is 8.60. The van der Waals surface area contributed by atoms with E-state index in [0.29, 0.717) is 31.0 Å². The van der Waals surface area contributed by atoms with Gasteiger partial charge in [-0.25, -0.2) is 4.79 Å². The number of ether oxygens (including phenoxy) is 3. The summed E-state index contributed by atoms with van der Waals surface area (Å²) >= 11 is 0. The third kappa shape index (κ3) is 4.35. The van der Waals surface area contributed by atoms with Crippen molar-refractivity contribution in [2.45, 2.75) is 31.7 Å². The zero-order chi connectivity index (χ0) is 18.4. The van der Waals surface area contributed by atoms with Crippen molar-refractivity contribution in [1.29, 1.82) is 0 Å². The highest BCUT2D eigenvalue weighted by molar-refractivity contribution is 5.79. The third-order valence-electron chi connectivity index (χ3n) is 4.47. The molecule has 0 saturated carbocycles. The summed E-state index contributed by atoms with van der Waals surface area (Å²) in [6.07, 6.45) is 0.697. The largest absolute Gasteiger partial charge is 0.493 e. The van der Waals surface area contributed by atoms with Crippen molar-refractivity contribution in [2.24, 2.45) is 0 Å². The first-order chi connectivity index (χ1) is 12.0. The molecule has 0 spiro atoms. The predicted octanol–water partition coefficient (Wildman–Crippen LogP) is 2.15. The van der Waals surface area contributed by atoms with Crippen LogP contribution in [-0.2, 0) is 9.53 Å². The molecule has 7 nitrogen and oxygen atoms in total. The first kappa shape index (κ1) is 18.9. The number of piperidine rings is 1. The Balaban J connectivity index is 2.31. The number of methoxy groups -OCH3 is 3. The number of likely N-dealkylation sites (tertiary alicyclic amines) is 1. The van der Waals surface area contributed by atoms with Gasteiger partial charge in [0.15, 0.2) is 11.5 Å². The maximum atomic E-state index is 12.5. The number of nitrogens with zero attached hydrogens (tertiary/aromatic N) is 1. The van der Waals surface area contributed by atoms with Crippen molar-refractivity contribution in [3.63, 3.8) is 0 Å². The highest BCUT2D eigenvalue weighted by Gasteiger charge is 2.36. The van der Waals surface area contributed by atoms with E-state index in [1.165, 1.54) is 7.11 Å². The van der Waals surface area contributed by atoms with Crippen LogP contribution in [0.25, 0.3) is 0 Å². The lowest BCUT2D eigenvalue weighted by Crippen LogP contribution is -2.53. The molecule has 7 heteroatoms. The van der Waals surface area contributed by atoms with E-state index in [9.17, 15) is 9.59 Å². The molecule has 1 heterocycles. The third-order valence-corrected chi connectivity index (χ3v) is 4.47. The number of rotatable bonds is 6. The fourth-order valence-electron chi connectivity index (χ4n) is 3.20. The van der Waals surface area contributed by atoms with E-state index >= 15 is 0 Å². The van der Waals surface area contributed by atoms with E-state index in [0.717, 1.165) is 12.0 Å². The molecule has 0 aromatic heterocycles. The summed E-state index contributed by atoms with van der Waals surface area (Å²) in [5.41, 5.74) is 0.920. The van der Waals surface area contributed by atoms with Crippen molar-refractivity contribution >= 4 is 12.0 Å². The number of amides is 2. The van der Waals surface area contributed by atoms with E-state index in [-0.39, 0.29) is 17.9 Å². The molecule has 2 rings (SSSR count). The number of carbonyl (C=O) groups is 2. The van der Waals surface area contributed by atoms with Crippen LogP contribution in [0, 0.1) is 0 Å². The molecule has 1 aromatic carbocycles. The standard InChI is InChI=1S/C18H26N2O5/c1-5-8-20-11-14(19-18(22)25-4)13(10-17(20)21)12-6-7-15(23-2)16(9-12)24-3/h6-7,9,13-14H,5,8,10-11H2,1-4H3,(H,19,22). The fraction of sp³-hybridized carbons (Fsp3) is 0.556. The zero-order valence-electron chi connectivity index (χ0n) is 15.2.